The molecule has 0 saturated heterocycles. The second kappa shape index (κ2) is 6.17. The van der Waals surface area contributed by atoms with Crippen molar-refractivity contribution in [3.8, 4) is 0 Å². The Morgan fingerprint density at radius 3 is 2.44 bits per heavy atom. The Balaban J connectivity index is 2.12. The van der Waals surface area contributed by atoms with E-state index in [4.69, 9.17) is 5.73 Å². The zero-order chi connectivity index (χ0) is 13.0. The predicted octanol–water partition coefficient (Wildman–Crippen LogP) is 4.45. The highest BCUT2D eigenvalue weighted by molar-refractivity contribution is 7.08. The maximum absolute atomic E-state index is 6.32. The lowest BCUT2D eigenvalue weighted by atomic mass is 9.97. The highest BCUT2D eigenvalue weighted by Gasteiger charge is 2.11. The quantitative estimate of drug-likeness (QED) is 0.843. The third-order valence-electron chi connectivity index (χ3n) is 3.39. The molecule has 0 saturated carbocycles. The summed E-state index contributed by atoms with van der Waals surface area (Å²) in [6.45, 7) is 4.35. The first-order chi connectivity index (χ1) is 8.72. The van der Waals surface area contributed by atoms with Gasteiger partial charge in [0, 0.05) is 0 Å². The largest absolute Gasteiger partial charge is 0.320 e. The molecule has 0 radical (unpaired) electrons. The van der Waals surface area contributed by atoms with Crippen molar-refractivity contribution in [1.29, 1.82) is 0 Å². The predicted molar refractivity (Wildman–Crippen MR) is 80.1 cm³/mol. The van der Waals surface area contributed by atoms with E-state index in [1.807, 2.05) is 0 Å². The van der Waals surface area contributed by atoms with Crippen LogP contribution >= 0.6 is 11.3 Å². The van der Waals surface area contributed by atoms with E-state index in [9.17, 15) is 0 Å². The fraction of sp³-hybridized carbons (Fsp3) is 0.375. The molecular formula is C16H21NS. The number of hydrogen-bond acceptors (Lipinski definition) is 2. The lowest BCUT2D eigenvalue weighted by Gasteiger charge is -2.12. The molecule has 2 heteroatoms. The first-order valence-electron chi connectivity index (χ1n) is 6.59. The zero-order valence-corrected chi connectivity index (χ0v) is 12.0. The molecule has 0 aliphatic heterocycles. The molecule has 1 aromatic heterocycles. The summed E-state index contributed by atoms with van der Waals surface area (Å²) in [5.74, 6) is 0. The highest BCUT2D eigenvalue weighted by atomic mass is 32.1. The summed E-state index contributed by atoms with van der Waals surface area (Å²) in [6, 6.07) is 8.79. The van der Waals surface area contributed by atoms with Gasteiger partial charge in [0.05, 0.1) is 6.04 Å². The second-order valence-electron chi connectivity index (χ2n) is 4.83. The molecule has 0 bridgehead atoms. The van der Waals surface area contributed by atoms with Crippen LogP contribution in [0.15, 0.2) is 35.0 Å². The number of unbranched alkanes of at least 4 members (excludes halogenated alkanes) is 1. The molecule has 2 aromatic rings. The smallest absolute Gasteiger partial charge is 0.0562 e. The van der Waals surface area contributed by atoms with Gasteiger partial charge in [-0.2, -0.15) is 11.3 Å². The number of thiophene rings is 1. The lowest BCUT2D eigenvalue weighted by Crippen LogP contribution is -2.11. The molecule has 1 nitrogen and oxygen atoms in total. The van der Waals surface area contributed by atoms with Crippen LogP contribution in [-0.2, 0) is 6.42 Å². The third kappa shape index (κ3) is 3.01. The monoisotopic (exact) mass is 259 g/mol. The molecule has 0 fully saturated rings. The molecule has 0 aliphatic carbocycles. The number of nitrogens with two attached hydrogens (primary N) is 1. The minimum Gasteiger partial charge on any atom is -0.320 e. The summed E-state index contributed by atoms with van der Waals surface area (Å²) in [5.41, 5.74) is 11.5. The van der Waals surface area contributed by atoms with Crippen molar-refractivity contribution >= 4 is 11.3 Å². The van der Waals surface area contributed by atoms with Crippen LogP contribution in [0.4, 0.5) is 0 Å². The molecule has 0 aliphatic rings. The van der Waals surface area contributed by atoms with Gasteiger partial charge in [-0.3, -0.25) is 0 Å². The Bertz CT molecular complexity index is 484. The van der Waals surface area contributed by atoms with E-state index in [-0.39, 0.29) is 6.04 Å². The molecule has 0 spiro atoms. The summed E-state index contributed by atoms with van der Waals surface area (Å²) < 4.78 is 0. The topological polar surface area (TPSA) is 26.0 Å². The third-order valence-corrected chi connectivity index (χ3v) is 4.27. The van der Waals surface area contributed by atoms with Gasteiger partial charge in [-0.05, 0) is 52.8 Å². The van der Waals surface area contributed by atoms with Crippen molar-refractivity contribution in [2.45, 2.75) is 39.2 Å². The van der Waals surface area contributed by atoms with Crippen molar-refractivity contribution in [3.05, 3.63) is 57.3 Å². The van der Waals surface area contributed by atoms with Crippen LogP contribution < -0.4 is 5.73 Å². The summed E-state index contributed by atoms with van der Waals surface area (Å²) in [4.78, 5) is 0. The van der Waals surface area contributed by atoms with Crippen molar-refractivity contribution in [2.75, 3.05) is 0 Å². The van der Waals surface area contributed by atoms with Gasteiger partial charge in [0.2, 0.25) is 0 Å². The number of benzene rings is 1. The average molecular weight is 259 g/mol. The van der Waals surface area contributed by atoms with Gasteiger partial charge >= 0.3 is 0 Å². The van der Waals surface area contributed by atoms with Gasteiger partial charge in [-0.1, -0.05) is 37.6 Å². The molecular weight excluding hydrogens is 238 g/mol. The molecule has 96 valence electrons. The van der Waals surface area contributed by atoms with Crippen LogP contribution in [0.3, 0.4) is 0 Å². The van der Waals surface area contributed by atoms with Crippen LogP contribution in [0.5, 0.6) is 0 Å². The van der Waals surface area contributed by atoms with Gasteiger partial charge < -0.3 is 5.73 Å². The minimum absolute atomic E-state index is 0.0106. The van der Waals surface area contributed by atoms with E-state index in [2.05, 4.69) is 48.9 Å². The fourth-order valence-electron chi connectivity index (χ4n) is 2.14. The highest BCUT2D eigenvalue weighted by Crippen LogP contribution is 2.25. The SMILES string of the molecule is CCCCc1ccc(C(N)c2cscc2C)cc1. The van der Waals surface area contributed by atoms with E-state index in [1.165, 1.54) is 41.5 Å². The van der Waals surface area contributed by atoms with Crippen LogP contribution in [0.2, 0.25) is 0 Å². The van der Waals surface area contributed by atoms with Crippen LogP contribution in [-0.4, -0.2) is 0 Å². The second-order valence-corrected chi connectivity index (χ2v) is 5.58. The van der Waals surface area contributed by atoms with E-state index in [0.717, 1.165) is 0 Å². The van der Waals surface area contributed by atoms with Gasteiger partial charge in [-0.25, -0.2) is 0 Å². The van der Waals surface area contributed by atoms with E-state index >= 15 is 0 Å². The molecule has 2 rings (SSSR count). The van der Waals surface area contributed by atoms with Gasteiger partial charge in [0.15, 0.2) is 0 Å². The molecule has 1 unspecified atom stereocenters. The number of hydrogen-bond donors (Lipinski definition) is 1. The van der Waals surface area contributed by atoms with Crippen LogP contribution in [0.1, 0.15) is 48.1 Å². The Hall–Kier alpha value is -1.12. The standard InChI is InChI=1S/C16H21NS/c1-3-4-5-13-6-8-14(9-7-13)16(17)15-11-18-10-12(15)2/h6-11,16H,3-5,17H2,1-2H3. The zero-order valence-electron chi connectivity index (χ0n) is 11.1. The molecule has 1 heterocycles. The van der Waals surface area contributed by atoms with E-state index in [1.54, 1.807) is 11.3 Å². The maximum atomic E-state index is 6.32. The Morgan fingerprint density at radius 2 is 1.89 bits per heavy atom. The summed E-state index contributed by atoms with van der Waals surface area (Å²) in [5, 5.41) is 4.32. The molecule has 2 N–H and O–H groups in total. The fourth-order valence-corrected chi connectivity index (χ4v) is 3.03. The summed E-state index contributed by atoms with van der Waals surface area (Å²) in [7, 11) is 0. The molecule has 1 atom stereocenters. The maximum Gasteiger partial charge on any atom is 0.0562 e. The first kappa shape index (κ1) is 13.3. The summed E-state index contributed by atoms with van der Waals surface area (Å²) >= 11 is 1.72. The van der Waals surface area contributed by atoms with E-state index in [0.29, 0.717) is 0 Å². The average Bonchev–Trinajstić information content (AvgIpc) is 2.82. The van der Waals surface area contributed by atoms with Gasteiger partial charge in [0.1, 0.15) is 0 Å². The Labute approximate surface area is 114 Å². The van der Waals surface area contributed by atoms with E-state index < -0.39 is 0 Å². The van der Waals surface area contributed by atoms with Crippen molar-refractivity contribution in [1.82, 2.24) is 0 Å². The van der Waals surface area contributed by atoms with Gasteiger partial charge in [-0.15, -0.1) is 0 Å². The molecule has 18 heavy (non-hydrogen) atoms. The van der Waals surface area contributed by atoms with Crippen LogP contribution in [0.25, 0.3) is 0 Å². The van der Waals surface area contributed by atoms with Crippen molar-refractivity contribution < 1.29 is 0 Å². The lowest BCUT2D eigenvalue weighted by molar-refractivity contribution is 0.793. The number of aryl methyl sites for hydroxylation is 2. The van der Waals surface area contributed by atoms with Gasteiger partial charge in [0.25, 0.3) is 0 Å². The number of rotatable bonds is 5. The molecule has 1 aromatic carbocycles. The Kier molecular flexibility index (Phi) is 4.56. The van der Waals surface area contributed by atoms with Crippen molar-refractivity contribution in [3.63, 3.8) is 0 Å². The van der Waals surface area contributed by atoms with Crippen molar-refractivity contribution in [2.24, 2.45) is 5.73 Å². The first-order valence-corrected chi connectivity index (χ1v) is 7.53. The Morgan fingerprint density at radius 1 is 1.17 bits per heavy atom. The molecule has 0 amide bonds. The normalized spacial score (nSPS) is 12.6. The minimum atomic E-state index is 0.0106. The summed E-state index contributed by atoms with van der Waals surface area (Å²) in [6.07, 6.45) is 3.67. The van der Waals surface area contributed by atoms with Crippen LogP contribution in [0, 0.1) is 6.92 Å².